The van der Waals surface area contributed by atoms with Gasteiger partial charge in [0.05, 0.1) is 12.7 Å². The first kappa shape index (κ1) is 30.0. The summed E-state index contributed by atoms with van der Waals surface area (Å²) < 4.78 is 28.3. The Bertz CT molecular complexity index is 1490. The van der Waals surface area contributed by atoms with Gasteiger partial charge in [0.15, 0.2) is 29.3 Å². The van der Waals surface area contributed by atoms with Gasteiger partial charge in [0.25, 0.3) is 0 Å². The zero-order valence-electron chi connectivity index (χ0n) is 21.9. The molecule has 15 heteroatoms. The number of hydrogen-bond donors (Lipinski definition) is 9. The summed E-state index contributed by atoms with van der Waals surface area (Å²) in [6.07, 6.45) is -15.5. The molecular weight excluding hydrogens is 564 g/mol. The van der Waals surface area contributed by atoms with E-state index in [-0.39, 0.29) is 33.8 Å². The average Bonchev–Trinajstić information content (AvgIpc) is 2.95. The van der Waals surface area contributed by atoms with Crippen LogP contribution in [0.4, 0.5) is 0 Å². The molecular formula is C27H30O15. The SMILES string of the molecule is C[C@@H]1O[C@@H](O[C@H]2[C@@H](Oc3cc(O)c4c(=O)cc(-c5ccc(O)c(O)c5)oc4c3)O[C@H](CO)[C@@H](O)[C@@H]2O)[C@H](O)[C@H](O)[C@H]1O. The Morgan fingerprint density at radius 1 is 0.786 bits per heavy atom. The third-order valence-electron chi connectivity index (χ3n) is 7.22. The third-order valence-corrected chi connectivity index (χ3v) is 7.22. The van der Waals surface area contributed by atoms with Crippen LogP contribution in [0.5, 0.6) is 23.0 Å². The zero-order valence-corrected chi connectivity index (χ0v) is 21.9. The lowest BCUT2D eigenvalue weighted by molar-refractivity contribution is -0.354. The van der Waals surface area contributed by atoms with Gasteiger partial charge in [0, 0.05) is 23.8 Å². The van der Waals surface area contributed by atoms with Crippen LogP contribution in [0.2, 0.25) is 0 Å². The molecule has 0 aliphatic carbocycles. The molecule has 0 amide bonds. The number of fused-ring (bicyclic) bond motifs is 1. The maximum absolute atomic E-state index is 12.8. The fourth-order valence-electron chi connectivity index (χ4n) is 4.84. The minimum absolute atomic E-state index is 0.0216. The number of ether oxygens (including phenoxy) is 4. The minimum atomic E-state index is -1.78. The van der Waals surface area contributed by atoms with Crippen molar-refractivity contribution in [2.45, 2.75) is 68.3 Å². The second-order valence-electron chi connectivity index (χ2n) is 10.1. The highest BCUT2D eigenvalue weighted by atomic mass is 16.8. The number of aliphatic hydroxyl groups excluding tert-OH is 6. The molecule has 10 atom stereocenters. The van der Waals surface area contributed by atoms with Crippen LogP contribution >= 0.6 is 0 Å². The van der Waals surface area contributed by atoms with Gasteiger partial charge in [-0.05, 0) is 25.1 Å². The molecule has 2 fully saturated rings. The number of phenolic OH excluding ortho intramolecular Hbond substituents is 3. The Morgan fingerprint density at radius 3 is 2.21 bits per heavy atom. The van der Waals surface area contributed by atoms with Crippen LogP contribution in [0.3, 0.4) is 0 Å². The topological polar surface area (TPSA) is 249 Å². The van der Waals surface area contributed by atoms with Crippen molar-refractivity contribution in [3.63, 3.8) is 0 Å². The molecule has 0 saturated carbocycles. The van der Waals surface area contributed by atoms with E-state index >= 15 is 0 Å². The van der Waals surface area contributed by atoms with Crippen molar-refractivity contribution >= 4 is 11.0 Å². The van der Waals surface area contributed by atoms with Crippen LogP contribution in [0.15, 0.2) is 45.6 Å². The highest BCUT2D eigenvalue weighted by Crippen LogP contribution is 2.36. The first-order valence-corrected chi connectivity index (χ1v) is 12.9. The maximum atomic E-state index is 12.8. The van der Waals surface area contributed by atoms with Crippen LogP contribution in [-0.2, 0) is 14.2 Å². The number of hydrogen-bond acceptors (Lipinski definition) is 15. The van der Waals surface area contributed by atoms with E-state index in [9.17, 15) is 50.8 Å². The Morgan fingerprint density at radius 2 is 1.52 bits per heavy atom. The lowest BCUT2D eigenvalue weighted by atomic mass is 9.97. The average molecular weight is 595 g/mol. The van der Waals surface area contributed by atoms with Crippen LogP contribution in [0, 0.1) is 0 Å². The van der Waals surface area contributed by atoms with E-state index in [1.54, 1.807) is 0 Å². The number of benzene rings is 2. The molecule has 42 heavy (non-hydrogen) atoms. The van der Waals surface area contributed by atoms with Crippen molar-refractivity contribution < 1.29 is 69.3 Å². The number of aliphatic hydroxyl groups is 6. The van der Waals surface area contributed by atoms with Crippen molar-refractivity contribution in [3.8, 4) is 34.3 Å². The molecule has 228 valence electrons. The summed E-state index contributed by atoms with van der Waals surface area (Å²) in [5.41, 5.74) is -0.575. The van der Waals surface area contributed by atoms with Crippen molar-refractivity contribution in [3.05, 3.63) is 46.6 Å². The van der Waals surface area contributed by atoms with E-state index in [4.69, 9.17) is 23.4 Å². The molecule has 0 unspecified atom stereocenters. The van der Waals surface area contributed by atoms with Crippen LogP contribution in [0.25, 0.3) is 22.3 Å². The van der Waals surface area contributed by atoms with Gasteiger partial charge in [-0.2, -0.15) is 0 Å². The number of rotatable bonds is 6. The van der Waals surface area contributed by atoms with Crippen LogP contribution in [-0.4, -0.2) is 114 Å². The fourth-order valence-corrected chi connectivity index (χ4v) is 4.84. The van der Waals surface area contributed by atoms with Gasteiger partial charge in [-0.3, -0.25) is 4.79 Å². The van der Waals surface area contributed by atoms with Crippen LogP contribution in [0.1, 0.15) is 6.92 Å². The predicted molar refractivity (Wildman–Crippen MR) is 139 cm³/mol. The Labute approximate surface area is 236 Å². The second-order valence-corrected chi connectivity index (χ2v) is 10.1. The van der Waals surface area contributed by atoms with Gasteiger partial charge in [-0.15, -0.1) is 0 Å². The molecule has 0 bridgehead atoms. The summed E-state index contributed by atoms with van der Waals surface area (Å²) in [5.74, 6) is -1.60. The summed E-state index contributed by atoms with van der Waals surface area (Å²) in [5, 5.41) is 91.2. The molecule has 2 saturated heterocycles. The van der Waals surface area contributed by atoms with E-state index in [2.05, 4.69) is 0 Å². The van der Waals surface area contributed by atoms with E-state index in [1.807, 2.05) is 0 Å². The minimum Gasteiger partial charge on any atom is -0.507 e. The molecule has 0 radical (unpaired) electrons. The molecule has 2 aliphatic rings. The van der Waals surface area contributed by atoms with Crippen molar-refractivity contribution in [1.29, 1.82) is 0 Å². The van der Waals surface area contributed by atoms with Gasteiger partial charge in [0.1, 0.15) is 64.9 Å². The Hall–Kier alpha value is -3.51. The van der Waals surface area contributed by atoms with Gasteiger partial charge < -0.3 is 69.3 Å². The predicted octanol–water partition coefficient (Wildman–Crippen LogP) is -1.39. The van der Waals surface area contributed by atoms with E-state index in [1.165, 1.54) is 25.1 Å². The second kappa shape index (κ2) is 11.6. The Kier molecular flexibility index (Phi) is 8.30. The van der Waals surface area contributed by atoms with Crippen molar-refractivity contribution in [1.82, 2.24) is 0 Å². The zero-order chi connectivity index (χ0) is 30.5. The van der Waals surface area contributed by atoms with E-state index in [0.29, 0.717) is 0 Å². The third kappa shape index (κ3) is 5.49. The summed E-state index contributed by atoms with van der Waals surface area (Å²) in [6.45, 7) is 0.671. The first-order chi connectivity index (χ1) is 19.9. The lowest BCUT2D eigenvalue weighted by Gasteiger charge is -2.45. The smallest absolute Gasteiger partial charge is 0.229 e. The van der Waals surface area contributed by atoms with Gasteiger partial charge in [0.2, 0.25) is 6.29 Å². The number of phenols is 3. The Balaban J connectivity index is 1.48. The molecule has 0 spiro atoms. The summed E-state index contributed by atoms with van der Waals surface area (Å²) in [7, 11) is 0. The van der Waals surface area contributed by atoms with E-state index < -0.39 is 84.9 Å². The van der Waals surface area contributed by atoms with Crippen molar-refractivity contribution in [2.75, 3.05) is 6.61 Å². The van der Waals surface area contributed by atoms with Crippen LogP contribution < -0.4 is 10.2 Å². The summed E-state index contributed by atoms with van der Waals surface area (Å²) >= 11 is 0. The molecule has 2 aliphatic heterocycles. The van der Waals surface area contributed by atoms with Gasteiger partial charge >= 0.3 is 0 Å². The molecule has 3 aromatic rings. The molecule has 9 N–H and O–H groups in total. The van der Waals surface area contributed by atoms with Crippen molar-refractivity contribution in [2.24, 2.45) is 0 Å². The fraction of sp³-hybridized carbons (Fsp3) is 0.444. The molecule has 5 rings (SSSR count). The quantitative estimate of drug-likeness (QED) is 0.149. The van der Waals surface area contributed by atoms with Gasteiger partial charge in [-0.1, -0.05) is 0 Å². The lowest BCUT2D eigenvalue weighted by Crippen LogP contribution is -2.64. The molecule has 15 nitrogen and oxygen atoms in total. The summed E-state index contributed by atoms with van der Waals surface area (Å²) in [4.78, 5) is 12.8. The normalized spacial score (nSPS) is 33.5. The highest BCUT2D eigenvalue weighted by molar-refractivity contribution is 5.86. The molecule has 1 aromatic heterocycles. The first-order valence-electron chi connectivity index (χ1n) is 12.9. The maximum Gasteiger partial charge on any atom is 0.229 e. The van der Waals surface area contributed by atoms with Gasteiger partial charge in [-0.25, -0.2) is 0 Å². The highest BCUT2D eigenvalue weighted by Gasteiger charge is 2.50. The molecule has 2 aromatic carbocycles. The van der Waals surface area contributed by atoms with E-state index in [0.717, 1.165) is 18.2 Å². The summed E-state index contributed by atoms with van der Waals surface area (Å²) in [6, 6.07) is 7.08. The molecule has 3 heterocycles. The largest absolute Gasteiger partial charge is 0.507 e. The monoisotopic (exact) mass is 594 g/mol. The standard InChI is InChI=1S/C27H30O15/c1-9-20(33)22(35)24(37)26(38-9)42-25-23(36)21(34)18(8-28)41-27(25)39-11-5-14(31)19-15(32)7-16(40-17(19)6-11)10-2-3-12(29)13(30)4-10/h2-7,9,18,20-31,33-37H,8H2,1H3/t9-,18+,20-,21+,22+,23-,24+,25+,26-,27-/m0/s1. The number of aromatic hydroxyl groups is 3.